The first-order valence-corrected chi connectivity index (χ1v) is 7.20. The number of hydrogen-bond acceptors (Lipinski definition) is 3. The first-order valence-electron chi connectivity index (χ1n) is 6.39. The summed E-state index contributed by atoms with van der Waals surface area (Å²) in [5.74, 6) is -0.639. The molecule has 0 amide bonds. The number of anilines is 1. The Hall–Kier alpha value is -2.03. The van der Waals surface area contributed by atoms with E-state index in [1.54, 1.807) is 6.07 Å². The number of nitrogens with two attached hydrogens (primary N) is 1. The molecule has 2 aromatic carbocycles. The minimum Gasteiger partial charge on any atom is -0.397 e. The van der Waals surface area contributed by atoms with Gasteiger partial charge in [0.2, 0.25) is 5.69 Å². The van der Waals surface area contributed by atoms with Crippen LogP contribution in [0.25, 0.3) is 4.85 Å². The van der Waals surface area contributed by atoms with Gasteiger partial charge < -0.3 is 10.6 Å². The second-order valence-corrected chi connectivity index (χ2v) is 5.95. The Morgan fingerprint density at radius 2 is 1.90 bits per heavy atom. The standard InChI is InChI=1S/C16H16FN3S/c1-19-12-8-9-14(16(18)15(12)17)21-13-7-5-4-6-11(13)10-20(2)3/h4-9H,10,18H2,2-3H3. The number of hydrogen-bond donors (Lipinski definition) is 1. The fraction of sp³-hybridized carbons (Fsp3) is 0.188. The number of rotatable bonds is 4. The topological polar surface area (TPSA) is 33.6 Å². The summed E-state index contributed by atoms with van der Waals surface area (Å²) in [5.41, 5.74) is 6.95. The maximum Gasteiger partial charge on any atom is 0.224 e. The van der Waals surface area contributed by atoms with E-state index < -0.39 is 5.82 Å². The van der Waals surface area contributed by atoms with Gasteiger partial charge in [0.25, 0.3) is 0 Å². The normalized spacial score (nSPS) is 10.6. The van der Waals surface area contributed by atoms with Crippen LogP contribution in [0.5, 0.6) is 0 Å². The van der Waals surface area contributed by atoms with Crippen molar-refractivity contribution in [3.63, 3.8) is 0 Å². The van der Waals surface area contributed by atoms with E-state index in [4.69, 9.17) is 12.3 Å². The molecule has 0 aliphatic carbocycles. The van der Waals surface area contributed by atoms with Crippen LogP contribution in [0.3, 0.4) is 0 Å². The van der Waals surface area contributed by atoms with E-state index in [1.165, 1.54) is 17.8 Å². The lowest BCUT2D eigenvalue weighted by atomic mass is 10.2. The number of nitrogen functional groups attached to an aromatic ring is 1. The predicted octanol–water partition coefficient (Wildman–Crippen LogP) is 4.17. The summed E-state index contributed by atoms with van der Waals surface area (Å²) in [4.78, 5) is 6.86. The Morgan fingerprint density at radius 3 is 2.57 bits per heavy atom. The van der Waals surface area contributed by atoms with Crippen LogP contribution in [-0.2, 0) is 6.54 Å². The van der Waals surface area contributed by atoms with Gasteiger partial charge in [-0.2, -0.15) is 0 Å². The van der Waals surface area contributed by atoms with Crippen LogP contribution in [0, 0.1) is 12.4 Å². The minimum atomic E-state index is -0.639. The highest BCUT2D eigenvalue weighted by molar-refractivity contribution is 7.99. The Labute approximate surface area is 128 Å². The van der Waals surface area contributed by atoms with Gasteiger partial charge in [0.15, 0.2) is 5.82 Å². The molecule has 0 aromatic heterocycles. The molecule has 0 aliphatic rings. The van der Waals surface area contributed by atoms with Crippen molar-refractivity contribution in [3.05, 3.63) is 59.2 Å². The van der Waals surface area contributed by atoms with E-state index in [9.17, 15) is 4.39 Å². The first-order chi connectivity index (χ1) is 10.0. The van der Waals surface area contributed by atoms with Crippen LogP contribution < -0.4 is 5.73 Å². The molecule has 5 heteroatoms. The summed E-state index contributed by atoms with van der Waals surface area (Å²) in [6.07, 6.45) is 0. The van der Waals surface area contributed by atoms with Crippen LogP contribution in [0.1, 0.15) is 5.56 Å². The minimum absolute atomic E-state index is 0.0353. The monoisotopic (exact) mass is 301 g/mol. The molecule has 0 heterocycles. The maximum absolute atomic E-state index is 13.9. The Bertz CT molecular complexity index is 692. The molecule has 0 spiro atoms. The number of halogens is 1. The zero-order chi connectivity index (χ0) is 15.4. The average Bonchev–Trinajstić information content (AvgIpc) is 2.45. The Kier molecular flexibility index (Phi) is 4.84. The Balaban J connectivity index is 2.35. The molecule has 0 saturated carbocycles. The van der Waals surface area contributed by atoms with Crippen molar-refractivity contribution in [2.45, 2.75) is 16.3 Å². The molecule has 21 heavy (non-hydrogen) atoms. The average molecular weight is 301 g/mol. The van der Waals surface area contributed by atoms with Gasteiger partial charge in [-0.25, -0.2) is 9.24 Å². The third kappa shape index (κ3) is 3.54. The third-order valence-corrected chi connectivity index (χ3v) is 4.11. The van der Waals surface area contributed by atoms with Crippen LogP contribution >= 0.6 is 11.8 Å². The molecular formula is C16H16FN3S. The zero-order valence-corrected chi connectivity index (χ0v) is 12.7. The molecule has 0 unspecified atom stereocenters. The van der Waals surface area contributed by atoms with Gasteiger partial charge in [-0.15, -0.1) is 0 Å². The second-order valence-electron chi connectivity index (χ2n) is 4.87. The van der Waals surface area contributed by atoms with Gasteiger partial charge >= 0.3 is 0 Å². The van der Waals surface area contributed by atoms with Crippen molar-refractivity contribution >= 4 is 23.1 Å². The highest BCUT2D eigenvalue weighted by atomic mass is 32.2. The highest BCUT2D eigenvalue weighted by Crippen LogP contribution is 2.38. The molecule has 108 valence electrons. The molecule has 2 aromatic rings. The largest absolute Gasteiger partial charge is 0.397 e. The molecule has 0 bridgehead atoms. The van der Waals surface area contributed by atoms with Crippen molar-refractivity contribution in [3.8, 4) is 0 Å². The smallest absolute Gasteiger partial charge is 0.224 e. The quantitative estimate of drug-likeness (QED) is 0.679. The molecule has 0 saturated heterocycles. The molecule has 0 fully saturated rings. The first kappa shape index (κ1) is 15.4. The SMILES string of the molecule is [C-]#[N+]c1ccc(Sc2ccccc2CN(C)C)c(N)c1F. The maximum atomic E-state index is 13.9. The zero-order valence-electron chi connectivity index (χ0n) is 11.9. The summed E-state index contributed by atoms with van der Waals surface area (Å²) >= 11 is 1.42. The van der Waals surface area contributed by atoms with Gasteiger partial charge in [-0.05, 0) is 25.7 Å². The van der Waals surface area contributed by atoms with Crippen molar-refractivity contribution in [2.24, 2.45) is 0 Å². The third-order valence-electron chi connectivity index (χ3n) is 2.92. The van der Waals surface area contributed by atoms with E-state index in [0.29, 0.717) is 4.90 Å². The van der Waals surface area contributed by atoms with Crippen molar-refractivity contribution in [1.29, 1.82) is 0 Å². The van der Waals surface area contributed by atoms with Gasteiger partial charge in [0.1, 0.15) is 0 Å². The number of benzene rings is 2. The van der Waals surface area contributed by atoms with Crippen LogP contribution in [0.15, 0.2) is 46.2 Å². The van der Waals surface area contributed by atoms with Gasteiger partial charge in [-0.1, -0.05) is 42.1 Å². The van der Waals surface area contributed by atoms with E-state index in [0.717, 1.165) is 17.0 Å². The van der Waals surface area contributed by atoms with Gasteiger partial charge in [-0.3, -0.25) is 0 Å². The Morgan fingerprint density at radius 1 is 1.19 bits per heavy atom. The molecule has 0 atom stereocenters. The summed E-state index contributed by atoms with van der Waals surface area (Å²) in [7, 11) is 4.00. The second kappa shape index (κ2) is 6.61. The lowest BCUT2D eigenvalue weighted by Crippen LogP contribution is -2.11. The summed E-state index contributed by atoms with van der Waals surface area (Å²) in [5, 5.41) is 0. The van der Waals surface area contributed by atoms with E-state index in [-0.39, 0.29) is 11.4 Å². The summed E-state index contributed by atoms with van der Waals surface area (Å²) in [6.45, 7) is 7.70. The van der Waals surface area contributed by atoms with E-state index in [2.05, 4.69) is 9.74 Å². The molecule has 2 N–H and O–H groups in total. The fourth-order valence-corrected chi connectivity index (χ4v) is 2.92. The predicted molar refractivity (Wildman–Crippen MR) is 85.0 cm³/mol. The highest BCUT2D eigenvalue weighted by Gasteiger charge is 2.13. The lowest BCUT2D eigenvalue weighted by Gasteiger charge is -2.14. The molecule has 0 radical (unpaired) electrons. The summed E-state index contributed by atoms with van der Waals surface area (Å²) < 4.78 is 13.9. The van der Waals surface area contributed by atoms with Crippen molar-refractivity contribution < 1.29 is 4.39 Å². The van der Waals surface area contributed by atoms with Crippen LogP contribution in [0.4, 0.5) is 15.8 Å². The van der Waals surface area contributed by atoms with Crippen molar-refractivity contribution in [1.82, 2.24) is 4.90 Å². The van der Waals surface area contributed by atoms with E-state index >= 15 is 0 Å². The lowest BCUT2D eigenvalue weighted by molar-refractivity contribution is 0.399. The van der Waals surface area contributed by atoms with Crippen molar-refractivity contribution in [2.75, 3.05) is 19.8 Å². The number of nitrogens with zero attached hydrogens (tertiary/aromatic N) is 2. The van der Waals surface area contributed by atoms with Gasteiger partial charge in [0, 0.05) is 16.3 Å². The molecular weight excluding hydrogens is 285 g/mol. The van der Waals surface area contributed by atoms with Crippen LogP contribution in [-0.4, -0.2) is 19.0 Å². The van der Waals surface area contributed by atoms with E-state index in [1.807, 2.05) is 38.4 Å². The van der Waals surface area contributed by atoms with Crippen LogP contribution in [0.2, 0.25) is 0 Å². The molecule has 0 aliphatic heterocycles. The fourth-order valence-electron chi connectivity index (χ4n) is 1.93. The van der Waals surface area contributed by atoms with Gasteiger partial charge in [0.05, 0.1) is 12.3 Å². The summed E-state index contributed by atoms with van der Waals surface area (Å²) in [6, 6.07) is 11.1. The molecule has 3 nitrogen and oxygen atoms in total. The molecule has 2 rings (SSSR count).